The van der Waals surface area contributed by atoms with Gasteiger partial charge in [-0.15, -0.1) is 0 Å². The Hall–Kier alpha value is -2.37. The third-order valence-corrected chi connectivity index (χ3v) is 4.80. The zero-order valence-electron chi connectivity index (χ0n) is 14.3. The molecule has 0 atom stereocenters. The summed E-state index contributed by atoms with van der Waals surface area (Å²) in [6.45, 7) is 6.06. The minimum absolute atomic E-state index is 0.0245. The van der Waals surface area contributed by atoms with E-state index in [4.69, 9.17) is 0 Å². The molecule has 0 aliphatic carbocycles. The maximum atomic E-state index is 12.2. The topological polar surface area (TPSA) is 81.9 Å². The highest BCUT2D eigenvalue weighted by molar-refractivity contribution is 7.98. The third kappa shape index (κ3) is 5.05. The summed E-state index contributed by atoms with van der Waals surface area (Å²) in [6, 6.07) is 9.71. The Morgan fingerprint density at radius 1 is 1.36 bits per heavy atom. The number of rotatable bonds is 7. The molecule has 1 heterocycles. The second-order valence-electron chi connectivity index (χ2n) is 4.97. The summed E-state index contributed by atoms with van der Waals surface area (Å²) in [5.41, 5.74) is 1.93. The van der Waals surface area contributed by atoms with E-state index in [-0.39, 0.29) is 5.57 Å². The van der Waals surface area contributed by atoms with E-state index < -0.39 is 5.91 Å². The molecule has 0 aliphatic heterocycles. The van der Waals surface area contributed by atoms with Crippen molar-refractivity contribution in [2.24, 2.45) is 0 Å². The van der Waals surface area contributed by atoms with Gasteiger partial charge in [0.2, 0.25) is 10.3 Å². The number of thioether (sulfide) groups is 1. The van der Waals surface area contributed by atoms with Crippen molar-refractivity contribution in [2.75, 3.05) is 29.6 Å². The molecule has 0 saturated heterocycles. The molecular weight excluding hydrogens is 354 g/mol. The van der Waals surface area contributed by atoms with Crippen LogP contribution < -0.4 is 10.2 Å². The van der Waals surface area contributed by atoms with Gasteiger partial charge in [0.25, 0.3) is 5.91 Å². The molecule has 2 rings (SSSR count). The van der Waals surface area contributed by atoms with Gasteiger partial charge in [0.05, 0.1) is 0 Å². The third-order valence-electron chi connectivity index (χ3n) is 3.51. The van der Waals surface area contributed by atoms with Crippen LogP contribution >= 0.6 is 23.3 Å². The van der Waals surface area contributed by atoms with E-state index in [0.29, 0.717) is 10.3 Å². The lowest BCUT2D eigenvalue weighted by molar-refractivity contribution is -0.112. The lowest BCUT2D eigenvalue weighted by atomic mass is 10.1. The predicted octanol–water partition coefficient (Wildman–Crippen LogP) is 3.65. The van der Waals surface area contributed by atoms with Crippen LogP contribution in [0.4, 0.5) is 10.8 Å². The Kier molecular flexibility index (Phi) is 6.98. The largest absolute Gasteiger partial charge is 0.372 e. The second kappa shape index (κ2) is 9.20. The van der Waals surface area contributed by atoms with E-state index in [1.165, 1.54) is 11.8 Å². The Balaban J connectivity index is 2.13. The summed E-state index contributed by atoms with van der Waals surface area (Å²) < 4.78 is 4.07. The van der Waals surface area contributed by atoms with Crippen LogP contribution in [0.2, 0.25) is 0 Å². The number of carbonyl (C=O) groups is 1. The van der Waals surface area contributed by atoms with Crippen molar-refractivity contribution >= 4 is 46.1 Å². The first-order valence-corrected chi connectivity index (χ1v) is 9.76. The standard InChI is InChI=1S/C17H19N5OS2/c1-4-22(5-2)14-8-6-12(7-9-14)10-13(11-18)15(23)19-16-20-17(24-3)21-25-16/h6-10H,4-5H2,1-3H3,(H,19,20,21,23). The lowest BCUT2D eigenvalue weighted by Crippen LogP contribution is -2.21. The predicted molar refractivity (Wildman–Crippen MR) is 104 cm³/mol. The Morgan fingerprint density at radius 3 is 2.56 bits per heavy atom. The van der Waals surface area contributed by atoms with Gasteiger partial charge in [0.1, 0.15) is 11.6 Å². The van der Waals surface area contributed by atoms with E-state index in [0.717, 1.165) is 35.9 Å². The molecule has 8 heteroatoms. The van der Waals surface area contributed by atoms with Crippen LogP contribution in [0.1, 0.15) is 19.4 Å². The van der Waals surface area contributed by atoms with Crippen molar-refractivity contribution in [1.82, 2.24) is 9.36 Å². The van der Waals surface area contributed by atoms with Gasteiger partial charge in [-0.1, -0.05) is 23.9 Å². The molecule has 6 nitrogen and oxygen atoms in total. The summed E-state index contributed by atoms with van der Waals surface area (Å²) in [5, 5.41) is 12.9. The van der Waals surface area contributed by atoms with Gasteiger partial charge in [-0.05, 0) is 43.9 Å². The van der Waals surface area contributed by atoms with Crippen LogP contribution in [0.5, 0.6) is 0 Å². The Labute approximate surface area is 155 Å². The summed E-state index contributed by atoms with van der Waals surface area (Å²) in [7, 11) is 0. The highest BCUT2D eigenvalue weighted by Crippen LogP contribution is 2.19. The molecule has 130 valence electrons. The van der Waals surface area contributed by atoms with Crippen LogP contribution in [0.3, 0.4) is 0 Å². The van der Waals surface area contributed by atoms with E-state index in [1.807, 2.05) is 36.6 Å². The molecule has 0 bridgehead atoms. The molecule has 0 fully saturated rings. The highest BCUT2D eigenvalue weighted by atomic mass is 32.2. The molecule has 0 unspecified atom stereocenters. The molecule has 2 aromatic rings. The van der Waals surface area contributed by atoms with Gasteiger partial charge in [-0.2, -0.15) is 14.6 Å². The fourth-order valence-corrected chi connectivity index (χ4v) is 3.31. The van der Waals surface area contributed by atoms with Gasteiger partial charge in [0, 0.05) is 30.3 Å². The summed E-state index contributed by atoms with van der Waals surface area (Å²) in [5.74, 6) is -0.487. The fourth-order valence-electron chi connectivity index (χ4n) is 2.19. The van der Waals surface area contributed by atoms with E-state index in [1.54, 1.807) is 6.08 Å². The number of nitrogens with one attached hydrogen (secondary N) is 1. The number of aromatic nitrogens is 2. The van der Waals surface area contributed by atoms with Crippen molar-refractivity contribution in [3.63, 3.8) is 0 Å². The minimum atomic E-state index is -0.487. The number of hydrogen-bond donors (Lipinski definition) is 1. The van der Waals surface area contributed by atoms with Crippen LogP contribution in [-0.2, 0) is 4.79 Å². The first-order valence-electron chi connectivity index (χ1n) is 7.77. The van der Waals surface area contributed by atoms with Gasteiger partial charge < -0.3 is 4.90 Å². The molecule has 1 aromatic heterocycles. The van der Waals surface area contributed by atoms with E-state index >= 15 is 0 Å². The molecule has 0 aliphatic rings. The Morgan fingerprint density at radius 2 is 2.04 bits per heavy atom. The summed E-state index contributed by atoms with van der Waals surface area (Å²) in [6.07, 6.45) is 3.42. The number of anilines is 2. The zero-order chi connectivity index (χ0) is 18.2. The number of amides is 1. The monoisotopic (exact) mass is 373 g/mol. The maximum absolute atomic E-state index is 12.2. The van der Waals surface area contributed by atoms with Crippen LogP contribution in [0, 0.1) is 11.3 Å². The van der Waals surface area contributed by atoms with Crippen molar-refractivity contribution in [1.29, 1.82) is 5.26 Å². The van der Waals surface area contributed by atoms with Crippen molar-refractivity contribution in [3.8, 4) is 6.07 Å². The Bertz CT molecular complexity index is 788. The summed E-state index contributed by atoms with van der Waals surface area (Å²) >= 11 is 2.48. The molecule has 0 saturated carbocycles. The first kappa shape index (κ1) is 19.0. The van der Waals surface area contributed by atoms with Crippen LogP contribution in [0.15, 0.2) is 35.0 Å². The van der Waals surface area contributed by atoms with Gasteiger partial charge in [0.15, 0.2) is 0 Å². The average molecular weight is 374 g/mol. The number of nitriles is 1. The molecule has 1 amide bonds. The molecular formula is C17H19N5OS2. The molecule has 1 N–H and O–H groups in total. The van der Waals surface area contributed by atoms with Gasteiger partial charge in [-0.3, -0.25) is 10.1 Å². The number of benzene rings is 1. The maximum Gasteiger partial charge on any atom is 0.268 e. The molecule has 0 radical (unpaired) electrons. The minimum Gasteiger partial charge on any atom is -0.372 e. The lowest BCUT2D eigenvalue weighted by Gasteiger charge is -2.20. The second-order valence-corrected chi connectivity index (χ2v) is 6.50. The number of carbonyl (C=O) groups excluding carboxylic acids is 1. The molecule has 1 aromatic carbocycles. The van der Waals surface area contributed by atoms with Crippen molar-refractivity contribution in [3.05, 3.63) is 35.4 Å². The molecule has 0 spiro atoms. The molecule has 25 heavy (non-hydrogen) atoms. The van der Waals surface area contributed by atoms with Crippen LogP contribution in [0.25, 0.3) is 6.08 Å². The first-order chi connectivity index (χ1) is 12.1. The normalized spacial score (nSPS) is 11.0. The fraction of sp³-hybridized carbons (Fsp3) is 0.294. The summed E-state index contributed by atoms with van der Waals surface area (Å²) in [4.78, 5) is 18.6. The number of nitrogens with zero attached hydrogens (tertiary/aromatic N) is 4. The van der Waals surface area contributed by atoms with E-state index in [9.17, 15) is 10.1 Å². The van der Waals surface area contributed by atoms with Crippen molar-refractivity contribution < 1.29 is 4.79 Å². The quantitative estimate of drug-likeness (QED) is 0.453. The smallest absolute Gasteiger partial charge is 0.268 e. The SMILES string of the molecule is CCN(CC)c1ccc(C=C(C#N)C(=O)Nc2nc(SC)ns2)cc1. The zero-order valence-corrected chi connectivity index (χ0v) is 15.9. The van der Waals surface area contributed by atoms with Crippen LogP contribution in [-0.4, -0.2) is 34.6 Å². The van der Waals surface area contributed by atoms with Gasteiger partial charge >= 0.3 is 0 Å². The van der Waals surface area contributed by atoms with E-state index in [2.05, 4.69) is 33.4 Å². The average Bonchev–Trinajstić information content (AvgIpc) is 3.09. The van der Waals surface area contributed by atoms with Gasteiger partial charge in [-0.25, -0.2) is 0 Å². The van der Waals surface area contributed by atoms with Crippen molar-refractivity contribution in [2.45, 2.75) is 19.0 Å². The number of hydrogen-bond acceptors (Lipinski definition) is 7. The highest BCUT2D eigenvalue weighted by Gasteiger charge is 2.12.